The third-order valence-corrected chi connectivity index (χ3v) is 3.55. The van der Waals surface area contributed by atoms with Crippen LogP contribution in [0.3, 0.4) is 0 Å². The normalized spacial score (nSPS) is 20.8. The van der Waals surface area contributed by atoms with Gasteiger partial charge in [0, 0.05) is 25.7 Å². The number of halogens is 3. The molecular formula is C14H19F3N4. The van der Waals surface area contributed by atoms with E-state index in [1.54, 1.807) is 6.92 Å². The fourth-order valence-corrected chi connectivity index (χ4v) is 2.59. The van der Waals surface area contributed by atoms with Gasteiger partial charge in [0.05, 0.1) is 16.8 Å². The van der Waals surface area contributed by atoms with E-state index in [0.717, 1.165) is 12.6 Å². The first-order valence-corrected chi connectivity index (χ1v) is 6.88. The van der Waals surface area contributed by atoms with E-state index in [4.69, 9.17) is 0 Å². The Bertz CT molecular complexity index is 540. The number of hydrogen-bond acceptors (Lipinski definition) is 4. The number of hydrogen-bond donors (Lipinski definition) is 1. The molecular weight excluding hydrogens is 281 g/mol. The molecule has 0 aliphatic carbocycles. The number of allylic oxidation sites excluding steroid dienone is 2. The Kier molecular flexibility index (Phi) is 4.51. The molecule has 0 amide bonds. The Morgan fingerprint density at radius 2 is 2.14 bits per heavy atom. The smallest absolute Gasteiger partial charge is 0.353 e. The topological polar surface area (TPSA) is 41.1 Å². The van der Waals surface area contributed by atoms with Gasteiger partial charge in [-0.3, -0.25) is 0 Å². The minimum atomic E-state index is -4.42. The molecule has 2 rings (SSSR count). The lowest BCUT2D eigenvalue weighted by atomic mass is 10.0. The van der Waals surface area contributed by atoms with Crippen molar-refractivity contribution in [2.75, 3.05) is 24.5 Å². The maximum atomic E-state index is 13.3. The highest BCUT2D eigenvalue weighted by Gasteiger charge is 2.38. The van der Waals surface area contributed by atoms with Crippen molar-refractivity contribution in [2.45, 2.75) is 33.0 Å². The number of nitrogens with one attached hydrogen (secondary N) is 1. The summed E-state index contributed by atoms with van der Waals surface area (Å²) in [4.78, 5) is 9.96. The Hall–Kier alpha value is -1.63. The first-order chi connectivity index (χ1) is 9.84. The van der Waals surface area contributed by atoms with Crippen LogP contribution in [-0.4, -0.2) is 41.8 Å². The van der Waals surface area contributed by atoms with Gasteiger partial charge in [-0.05, 0) is 20.8 Å². The number of nitrogens with zero attached hydrogens (tertiary/aromatic N) is 3. The predicted molar refractivity (Wildman–Crippen MR) is 76.2 cm³/mol. The zero-order chi connectivity index (χ0) is 15.6. The molecule has 1 fully saturated rings. The first-order valence-electron chi connectivity index (χ1n) is 6.88. The maximum absolute atomic E-state index is 13.3. The summed E-state index contributed by atoms with van der Waals surface area (Å²) in [7, 11) is 0. The van der Waals surface area contributed by atoms with Gasteiger partial charge in [-0.25, -0.2) is 9.97 Å². The van der Waals surface area contributed by atoms with Gasteiger partial charge >= 0.3 is 6.18 Å². The molecule has 2 heterocycles. The van der Waals surface area contributed by atoms with E-state index in [9.17, 15) is 13.2 Å². The van der Waals surface area contributed by atoms with Gasteiger partial charge in [-0.1, -0.05) is 6.08 Å². The molecule has 1 N–H and O–H groups in total. The van der Waals surface area contributed by atoms with Gasteiger partial charge in [0.1, 0.15) is 12.1 Å². The van der Waals surface area contributed by atoms with E-state index in [0.29, 0.717) is 24.6 Å². The Labute approximate surface area is 122 Å². The molecule has 1 atom stereocenters. The number of aromatic nitrogens is 2. The maximum Gasteiger partial charge on any atom is 0.416 e. The second kappa shape index (κ2) is 6.01. The molecule has 1 aromatic heterocycles. The molecule has 0 radical (unpaired) electrons. The van der Waals surface area contributed by atoms with E-state index >= 15 is 0 Å². The van der Waals surface area contributed by atoms with Gasteiger partial charge in [-0.2, -0.15) is 13.2 Å². The Morgan fingerprint density at radius 3 is 2.71 bits per heavy atom. The van der Waals surface area contributed by atoms with Gasteiger partial charge in [0.2, 0.25) is 0 Å². The van der Waals surface area contributed by atoms with Crippen molar-refractivity contribution in [2.24, 2.45) is 0 Å². The lowest BCUT2D eigenvalue weighted by Gasteiger charge is -2.34. The average molecular weight is 300 g/mol. The van der Waals surface area contributed by atoms with E-state index in [-0.39, 0.29) is 11.6 Å². The van der Waals surface area contributed by atoms with Gasteiger partial charge in [0.15, 0.2) is 0 Å². The summed E-state index contributed by atoms with van der Waals surface area (Å²) in [5.74, 6) is 0.362. The fraction of sp³-hybridized carbons (Fsp3) is 0.571. The van der Waals surface area contributed by atoms with E-state index in [2.05, 4.69) is 15.3 Å². The minimum Gasteiger partial charge on any atom is -0.353 e. The largest absolute Gasteiger partial charge is 0.416 e. The van der Waals surface area contributed by atoms with Crippen LogP contribution in [0, 0.1) is 6.92 Å². The number of aryl methyl sites for hydroxylation is 1. The van der Waals surface area contributed by atoms with E-state index in [1.165, 1.54) is 13.3 Å². The van der Waals surface area contributed by atoms with Crippen LogP contribution < -0.4 is 10.2 Å². The van der Waals surface area contributed by atoms with Crippen molar-refractivity contribution >= 4 is 11.4 Å². The van der Waals surface area contributed by atoms with Crippen LogP contribution in [0.2, 0.25) is 0 Å². The summed E-state index contributed by atoms with van der Waals surface area (Å²) in [5, 5.41) is 3.27. The standard InChI is InChI=1S/C14H19F3N4/c1-4-11(14(15,16)17)12-10(3)19-8-20-13(12)21-6-5-18-9(2)7-21/h4,8-9,18H,5-7H2,1-3H3/b11-4+. The monoisotopic (exact) mass is 300 g/mol. The second-order valence-electron chi connectivity index (χ2n) is 5.16. The van der Waals surface area contributed by atoms with Crippen LogP contribution in [0.1, 0.15) is 25.1 Å². The van der Waals surface area contributed by atoms with Crippen molar-refractivity contribution in [1.82, 2.24) is 15.3 Å². The molecule has 0 saturated carbocycles. The second-order valence-corrected chi connectivity index (χ2v) is 5.16. The summed E-state index contributed by atoms with van der Waals surface area (Å²) < 4.78 is 39.8. The summed E-state index contributed by atoms with van der Waals surface area (Å²) in [6.45, 7) is 6.95. The Balaban J connectivity index is 2.50. The van der Waals surface area contributed by atoms with Gasteiger partial charge in [0.25, 0.3) is 0 Å². The van der Waals surface area contributed by atoms with E-state index < -0.39 is 11.7 Å². The summed E-state index contributed by atoms with van der Waals surface area (Å²) >= 11 is 0. The molecule has 0 aromatic carbocycles. The molecule has 1 saturated heterocycles. The SMILES string of the molecule is C/C=C(\c1c(C)ncnc1N1CCNC(C)C1)C(F)(F)F. The molecule has 116 valence electrons. The molecule has 7 heteroatoms. The number of piperazine rings is 1. The average Bonchev–Trinajstić information content (AvgIpc) is 2.40. The van der Waals surface area contributed by atoms with Crippen molar-refractivity contribution < 1.29 is 13.2 Å². The van der Waals surface area contributed by atoms with Crippen molar-refractivity contribution in [3.05, 3.63) is 23.7 Å². The molecule has 1 aromatic rings. The van der Waals surface area contributed by atoms with Gasteiger partial charge in [-0.15, -0.1) is 0 Å². The van der Waals surface area contributed by atoms with Crippen LogP contribution in [0.4, 0.5) is 19.0 Å². The number of anilines is 1. The summed E-state index contributed by atoms with van der Waals surface area (Å²) in [6, 6.07) is 0.210. The highest BCUT2D eigenvalue weighted by molar-refractivity contribution is 5.79. The number of alkyl halides is 3. The molecule has 21 heavy (non-hydrogen) atoms. The quantitative estimate of drug-likeness (QED) is 0.911. The lowest BCUT2D eigenvalue weighted by molar-refractivity contribution is -0.0690. The zero-order valence-electron chi connectivity index (χ0n) is 12.3. The summed E-state index contributed by atoms with van der Waals surface area (Å²) in [5.41, 5.74) is -0.250. The molecule has 1 aliphatic heterocycles. The summed E-state index contributed by atoms with van der Waals surface area (Å²) in [6.07, 6.45) is -2.01. The molecule has 0 spiro atoms. The number of rotatable bonds is 2. The van der Waals surface area contributed by atoms with Crippen molar-refractivity contribution in [3.63, 3.8) is 0 Å². The van der Waals surface area contributed by atoms with Crippen LogP contribution >= 0.6 is 0 Å². The molecule has 1 aliphatic rings. The van der Waals surface area contributed by atoms with Crippen LogP contribution in [0.25, 0.3) is 5.57 Å². The third-order valence-electron chi connectivity index (χ3n) is 3.55. The lowest BCUT2D eigenvalue weighted by Crippen LogP contribution is -2.50. The highest BCUT2D eigenvalue weighted by atomic mass is 19.4. The fourth-order valence-electron chi connectivity index (χ4n) is 2.59. The van der Waals surface area contributed by atoms with Crippen molar-refractivity contribution in [1.29, 1.82) is 0 Å². The minimum absolute atomic E-state index is 0.0848. The van der Waals surface area contributed by atoms with E-state index in [1.807, 2.05) is 11.8 Å². The van der Waals surface area contributed by atoms with Crippen LogP contribution in [-0.2, 0) is 0 Å². The molecule has 4 nitrogen and oxygen atoms in total. The highest BCUT2D eigenvalue weighted by Crippen LogP contribution is 2.38. The first kappa shape index (κ1) is 15.8. The van der Waals surface area contributed by atoms with Crippen LogP contribution in [0.15, 0.2) is 12.4 Å². The predicted octanol–water partition coefficient (Wildman–Crippen LogP) is 2.55. The van der Waals surface area contributed by atoms with Crippen molar-refractivity contribution in [3.8, 4) is 0 Å². The van der Waals surface area contributed by atoms with Crippen LogP contribution in [0.5, 0.6) is 0 Å². The Morgan fingerprint density at radius 1 is 1.43 bits per heavy atom. The van der Waals surface area contributed by atoms with Gasteiger partial charge < -0.3 is 10.2 Å². The molecule has 0 bridgehead atoms. The third kappa shape index (κ3) is 3.34. The zero-order valence-corrected chi connectivity index (χ0v) is 12.3. The molecule has 1 unspecified atom stereocenters.